The number of aliphatic hydroxyl groups is 1. The lowest BCUT2D eigenvalue weighted by Crippen LogP contribution is -2.36. The molecule has 28 heavy (non-hydrogen) atoms. The van der Waals surface area contributed by atoms with E-state index in [4.69, 9.17) is 4.74 Å². The Morgan fingerprint density at radius 3 is 2.75 bits per heavy atom. The lowest BCUT2D eigenvalue weighted by atomic mass is 10.00. The maximum atomic E-state index is 12.8. The van der Waals surface area contributed by atoms with Crippen molar-refractivity contribution in [2.45, 2.75) is 25.6 Å². The van der Waals surface area contributed by atoms with Gasteiger partial charge < -0.3 is 14.7 Å². The number of nitrogens with zero attached hydrogens (tertiary/aromatic N) is 4. The fraction of sp³-hybridized carbons (Fsp3) is 0.286. The number of para-hydroxylation sites is 1. The van der Waals surface area contributed by atoms with E-state index >= 15 is 0 Å². The first-order valence-electron chi connectivity index (χ1n) is 9.23. The molecule has 7 heteroatoms. The molecule has 0 radical (unpaired) electrons. The van der Waals surface area contributed by atoms with E-state index in [0.717, 1.165) is 6.42 Å². The van der Waals surface area contributed by atoms with Crippen LogP contribution in [0.25, 0.3) is 0 Å². The summed E-state index contributed by atoms with van der Waals surface area (Å²) in [6, 6.07) is 15.4. The van der Waals surface area contributed by atoms with Crippen molar-refractivity contribution in [3.63, 3.8) is 0 Å². The second kappa shape index (κ2) is 7.82. The lowest BCUT2D eigenvalue weighted by molar-refractivity contribution is 0.0728. The van der Waals surface area contributed by atoms with E-state index in [9.17, 15) is 9.90 Å². The third-order valence-electron chi connectivity index (χ3n) is 5.03. The molecule has 144 valence electrons. The first-order valence-corrected chi connectivity index (χ1v) is 9.23. The Labute approximate surface area is 163 Å². The number of aromatic nitrogens is 3. The highest BCUT2D eigenvalue weighted by molar-refractivity contribution is 5.92. The Hall–Kier alpha value is -3.19. The number of methoxy groups -OCH3 is 1. The molecule has 1 aliphatic rings. The number of carbonyl (C=O) groups excluding carboxylic acids is 1. The van der Waals surface area contributed by atoms with Gasteiger partial charge in [0.2, 0.25) is 0 Å². The van der Waals surface area contributed by atoms with Crippen LogP contribution >= 0.6 is 0 Å². The molecule has 1 N–H and O–H groups in total. The SMILES string of the molecule is COc1ccccc1[C@@H](O)Cn1cc(C(=O)N2CCc3ccccc3C2)nn1. The highest BCUT2D eigenvalue weighted by Gasteiger charge is 2.24. The van der Waals surface area contributed by atoms with Crippen molar-refractivity contribution in [2.24, 2.45) is 0 Å². The summed E-state index contributed by atoms with van der Waals surface area (Å²) in [7, 11) is 1.56. The summed E-state index contributed by atoms with van der Waals surface area (Å²) in [6.45, 7) is 1.42. The Morgan fingerprint density at radius 2 is 1.93 bits per heavy atom. The van der Waals surface area contributed by atoms with Crippen LogP contribution in [0.3, 0.4) is 0 Å². The smallest absolute Gasteiger partial charge is 0.276 e. The molecule has 0 saturated heterocycles. The van der Waals surface area contributed by atoms with Crippen LogP contribution in [-0.2, 0) is 19.5 Å². The molecule has 3 aromatic rings. The Bertz CT molecular complexity index is 985. The number of aliphatic hydroxyl groups excluding tert-OH is 1. The van der Waals surface area contributed by atoms with Crippen molar-refractivity contribution in [3.05, 3.63) is 77.1 Å². The molecule has 0 saturated carbocycles. The quantitative estimate of drug-likeness (QED) is 0.736. The molecule has 1 atom stereocenters. The van der Waals surface area contributed by atoms with E-state index in [1.54, 1.807) is 30.3 Å². The molecule has 7 nitrogen and oxygen atoms in total. The second-order valence-electron chi connectivity index (χ2n) is 6.83. The molecule has 1 aliphatic heterocycles. The summed E-state index contributed by atoms with van der Waals surface area (Å²) in [5.74, 6) is 0.464. The maximum Gasteiger partial charge on any atom is 0.276 e. The van der Waals surface area contributed by atoms with Gasteiger partial charge in [0.15, 0.2) is 5.69 Å². The van der Waals surface area contributed by atoms with E-state index in [-0.39, 0.29) is 18.1 Å². The second-order valence-corrected chi connectivity index (χ2v) is 6.83. The van der Waals surface area contributed by atoms with Gasteiger partial charge in [-0.25, -0.2) is 4.68 Å². The zero-order valence-corrected chi connectivity index (χ0v) is 15.7. The van der Waals surface area contributed by atoms with Crippen molar-refractivity contribution in [2.75, 3.05) is 13.7 Å². The number of amides is 1. The van der Waals surface area contributed by atoms with E-state index in [1.165, 1.54) is 15.8 Å². The van der Waals surface area contributed by atoms with Gasteiger partial charge in [-0.3, -0.25) is 4.79 Å². The number of ether oxygens (including phenoxy) is 1. The van der Waals surface area contributed by atoms with E-state index in [2.05, 4.69) is 22.4 Å². The zero-order valence-electron chi connectivity index (χ0n) is 15.7. The summed E-state index contributed by atoms with van der Waals surface area (Å²) >= 11 is 0. The molecular weight excluding hydrogens is 356 g/mol. The largest absolute Gasteiger partial charge is 0.496 e. The normalized spacial score (nSPS) is 14.4. The summed E-state index contributed by atoms with van der Waals surface area (Å²) in [4.78, 5) is 14.6. The molecule has 0 bridgehead atoms. The van der Waals surface area contributed by atoms with E-state index < -0.39 is 6.10 Å². The Morgan fingerprint density at radius 1 is 1.18 bits per heavy atom. The molecule has 0 fully saturated rings. The maximum absolute atomic E-state index is 12.8. The molecule has 4 rings (SSSR count). The minimum absolute atomic E-state index is 0.146. The topological polar surface area (TPSA) is 80.5 Å². The molecule has 2 heterocycles. The summed E-state index contributed by atoms with van der Waals surface area (Å²) < 4.78 is 6.78. The van der Waals surface area contributed by atoms with Crippen molar-refractivity contribution < 1.29 is 14.6 Å². The van der Waals surface area contributed by atoms with E-state index in [1.807, 2.05) is 24.3 Å². The lowest BCUT2D eigenvalue weighted by Gasteiger charge is -2.28. The van der Waals surface area contributed by atoms with Crippen molar-refractivity contribution in [3.8, 4) is 5.75 Å². The average molecular weight is 378 g/mol. The molecular formula is C21H22N4O3. The summed E-state index contributed by atoms with van der Waals surface area (Å²) in [5, 5.41) is 18.6. The monoisotopic (exact) mass is 378 g/mol. The molecule has 1 amide bonds. The number of hydrogen-bond donors (Lipinski definition) is 1. The van der Waals surface area contributed by atoms with Gasteiger partial charge in [0, 0.05) is 18.7 Å². The van der Waals surface area contributed by atoms with Gasteiger partial charge in [-0.05, 0) is 23.6 Å². The molecule has 0 aliphatic carbocycles. The predicted octanol–water partition coefficient (Wildman–Crippen LogP) is 2.22. The first-order chi connectivity index (χ1) is 13.7. The number of fused-ring (bicyclic) bond motifs is 1. The standard InChI is InChI=1S/C21H22N4O3/c1-28-20-9-5-4-8-17(20)19(26)14-25-13-18(22-23-25)21(27)24-11-10-15-6-2-3-7-16(15)12-24/h2-9,13,19,26H,10-12,14H2,1H3/t19-/m0/s1. The van der Waals surface area contributed by atoms with Crippen LogP contribution in [0, 0.1) is 0 Å². The van der Waals surface area contributed by atoms with Gasteiger partial charge in [-0.2, -0.15) is 0 Å². The van der Waals surface area contributed by atoms with Gasteiger partial charge in [-0.1, -0.05) is 47.7 Å². The predicted molar refractivity (Wildman–Crippen MR) is 103 cm³/mol. The summed E-state index contributed by atoms with van der Waals surface area (Å²) in [5.41, 5.74) is 3.41. The van der Waals surface area contributed by atoms with Crippen LogP contribution in [-0.4, -0.2) is 44.6 Å². The molecule has 1 aromatic heterocycles. The van der Waals surface area contributed by atoms with Gasteiger partial charge in [0.25, 0.3) is 5.91 Å². The molecule has 0 spiro atoms. The molecule has 0 unspecified atom stereocenters. The van der Waals surface area contributed by atoms with Gasteiger partial charge in [-0.15, -0.1) is 5.10 Å². The highest BCUT2D eigenvalue weighted by Crippen LogP contribution is 2.25. The number of benzene rings is 2. The van der Waals surface area contributed by atoms with Gasteiger partial charge in [0.05, 0.1) is 19.9 Å². The first kappa shape index (κ1) is 18.2. The highest BCUT2D eigenvalue weighted by atomic mass is 16.5. The fourth-order valence-electron chi connectivity index (χ4n) is 3.53. The minimum Gasteiger partial charge on any atom is -0.496 e. The van der Waals surface area contributed by atoms with Gasteiger partial charge >= 0.3 is 0 Å². The van der Waals surface area contributed by atoms with Crippen LogP contribution in [0.2, 0.25) is 0 Å². The third kappa shape index (κ3) is 3.61. The molecule has 2 aromatic carbocycles. The van der Waals surface area contributed by atoms with Crippen LogP contribution in [0.1, 0.15) is 33.3 Å². The van der Waals surface area contributed by atoms with Crippen LogP contribution < -0.4 is 4.74 Å². The van der Waals surface area contributed by atoms with Crippen LogP contribution in [0.5, 0.6) is 5.75 Å². The Balaban J connectivity index is 1.45. The van der Waals surface area contributed by atoms with Gasteiger partial charge in [0.1, 0.15) is 11.9 Å². The van der Waals surface area contributed by atoms with Crippen LogP contribution in [0.15, 0.2) is 54.7 Å². The van der Waals surface area contributed by atoms with Crippen molar-refractivity contribution in [1.82, 2.24) is 19.9 Å². The van der Waals surface area contributed by atoms with Crippen LogP contribution in [0.4, 0.5) is 0 Å². The average Bonchev–Trinajstić information content (AvgIpc) is 3.21. The number of rotatable bonds is 5. The third-order valence-corrected chi connectivity index (χ3v) is 5.03. The Kier molecular flexibility index (Phi) is 5.08. The van der Waals surface area contributed by atoms with Crippen molar-refractivity contribution in [1.29, 1.82) is 0 Å². The zero-order chi connectivity index (χ0) is 19.5. The number of hydrogen-bond acceptors (Lipinski definition) is 5. The van der Waals surface area contributed by atoms with E-state index in [0.29, 0.717) is 24.4 Å². The minimum atomic E-state index is -0.817. The number of carbonyl (C=O) groups is 1. The summed E-state index contributed by atoms with van der Waals surface area (Å²) in [6.07, 6.45) is 1.60. The van der Waals surface area contributed by atoms with Crippen molar-refractivity contribution >= 4 is 5.91 Å². The fourth-order valence-corrected chi connectivity index (χ4v) is 3.53.